The summed E-state index contributed by atoms with van der Waals surface area (Å²) in [6.45, 7) is 0. The molecule has 4 heteroatoms. The number of hydrogen-bond donors (Lipinski definition) is 2. The van der Waals surface area contributed by atoms with E-state index in [2.05, 4.69) is 17.5 Å². The Morgan fingerprint density at radius 2 is 2.09 bits per heavy atom. The molecule has 0 saturated carbocycles. The first kappa shape index (κ1) is 14.1. The van der Waals surface area contributed by atoms with Crippen LogP contribution >= 0.6 is 0 Å². The quantitative estimate of drug-likeness (QED) is 0.809. The first-order valence-electron chi connectivity index (χ1n) is 7.77. The van der Waals surface area contributed by atoms with Crippen LogP contribution in [0.15, 0.2) is 48.6 Å². The molecule has 2 N–H and O–H groups in total. The maximum Gasteiger partial charge on any atom is 0.163 e. The lowest BCUT2D eigenvalue weighted by atomic mass is 9.77. The molecule has 2 aromatic rings. The zero-order valence-electron chi connectivity index (χ0n) is 12.8. The Kier molecular flexibility index (Phi) is 3.26. The number of hydrogen-bond acceptors (Lipinski definition) is 3. The molecule has 0 spiro atoms. The highest BCUT2D eigenvalue weighted by Gasteiger charge is 2.39. The molecule has 118 valence electrons. The molecule has 1 aliphatic carbocycles. The third-order valence-electron chi connectivity index (χ3n) is 4.91. The zero-order chi connectivity index (χ0) is 16.0. The van der Waals surface area contributed by atoms with Crippen molar-refractivity contribution in [2.75, 3.05) is 12.4 Å². The van der Waals surface area contributed by atoms with Gasteiger partial charge in [0, 0.05) is 17.2 Å². The average molecular weight is 311 g/mol. The van der Waals surface area contributed by atoms with Crippen LogP contribution in [0.3, 0.4) is 0 Å². The van der Waals surface area contributed by atoms with Gasteiger partial charge in [-0.1, -0.05) is 24.3 Å². The highest BCUT2D eigenvalue weighted by molar-refractivity contribution is 5.61. The Balaban J connectivity index is 1.81. The summed E-state index contributed by atoms with van der Waals surface area (Å²) in [5.41, 5.74) is 2.73. The minimum Gasteiger partial charge on any atom is -0.504 e. The van der Waals surface area contributed by atoms with Crippen LogP contribution in [0.4, 0.5) is 10.1 Å². The van der Waals surface area contributed by atoms with Crippen molar-refractivity contribution in [3.8, 4) is 11.5 Å². The van der Waals surface area contributed by atoms with Crippen molar-refractivity contribution in [2.45, 2.75) is 18.4 Å². The number of ether oxygens (including phenoxy) is 1. The van der Waals surface area contributed by atoms with Gasteiger partial charge in [-0.05, 0) is 42.2 Å². The van der Waals surface area contributed by atoms with Gasteiger partial charge in [0.25, 0.3) is 0 Å². The van der Waals surface area contributed by atoms with E-state index < -0.39 is 0 Å². The summed E-state index contributed by atoms with van der Waals surface area (Å²) < 4.78 is 18.9. The first-order valence-corrected chi connectivity index (χ1v) is 7.77. The number of phenolic OH excluding ortho intramolecular Hbond substituents is 1. The van der Waals surface area contributed by atoms with E-state index in [1.165, 1.54) is 6.07 Å². The summed E-state index contributed by atoms with van der Waals surface area (Å²) in [4.78, 5) is 0. The lowest BCUT2D eigenvalue weighted by Crippen LogP contribution is -2.29. The van der Waals surface area contributed by atoms with Crippen LogP contribution < -0.4 is 10.1 Å². The molecular formula is C19H18FNO2. The number of rotatable bonds is 2. The van der Waals surface area contributed by atoms with Gasteiger partial charge in [0.15, 0.2) is 11.5 Å². The van der Waals surface area contributed by atoms with Gasteiger partial charge < -0.3 is 15.2 Å². The number of phenols is 1. The number of nitrogens with one attached hydrogen (secondary N) is 1. The molecule has 1 aliphatic heterocycles. The third-order valence-corrected chi connectivity index (χ3v) is 4.91. The van der Waals surface area contributed by atoms with Crippen molar-refractivity contribution in [1.82, 2.24) is 0 Å². The lowest BCUT2D eigenvalue weighted by molar-refractivity contribution is 0.358. The van der Waals surface area contributed by atoms with E-state index in [1.54, 1.807) is 25.3 Å². The SMILES string of the molecule is COc1cccc(C2Nc3ccc(F)cc3C3C=CCC32)c1O. The molecule has 2 aromatic carbocycles. The Hall–Kier alpha value is -2.49. The van der Waals surface area contributed by atoms with Gasteiger partial charge in [-0.2, -0.15) is 0 Å². The normalized spacial score (nSPS) is 24.7. The summed E-state index contributed by atoms with van der Waals surface area (Å²) in [5.74, 6) is 0.840. The summed E-state index contributed by atoms with van der Waals surface area (Å²) in [5, 5.41) is 14.0. The molecule has 3 atom stereocenters. The van der Waals surface area contributed by atoms with Crippen LogP contribution in [0.25, 0.3) is 0 Å². The second-order valence-electron chi connectivity index (χ2n) is 6.11. The summed E-state index contributed by atoms with van der Waals surface area (Å²) in [7, 11) is 1.55. The third kappa shape index (κ3) is 2.17. The Bertz CT molecular complexity index is 787. The molecular weight excluding hydrogens is 293 g/mol. The van der Waals surface area contributed by atoms with Crippen LogP contribution in [-0.2, 0) is 0 Å². The molecule has 0 fully saturated rings. The predicted octanol–water partition coefficient (Wildman–Crippen LogP) is 4.37. The highest BCUT2D eigenvalue weighted by Crippen LogP contribution is 2.51. The number of allylic oxidation sites excluding steroid dienone is 2. The monoisotopic (exact) mass is 311 g/mol. The summed E-state index contributed by atoms with van der Waals surface area (Å²) in [6, 6.07) is 10.4. The van der Waals surface area contributed by atoms with Gasteiger partial charge in [-0.15, -0.1) is 0 Å². The first-order chi connectivity index (χ1) is 11.2. The molecule has 23 heavy (non-hydrogen) atoms. The van der Waals surface area contributed by atoms with Crippen molar-refractivity contribution in [3.05, 3.63) is 65.5 Å². The minimum absolute atomic E-state index is 0.0388. The smallest absolute Gasteiger partial charge is 0.163 e. The molecule has 3 nitrogen and oxygen atoms in total. The molecule has 4 rings (SSSR count). The molecule has 0 bridgehead atoms. The fourth-order valence-electron chi connectivity index (χ4n) is 3.83. The Labute approximate surface area is 134 Å². The van der Waals surface area contributed by atoms with Crippen LogP contribution in [0.1, 0.15) is 29.5 Å². The standard InChI is InChI=1S/C19H18FNO2/c1-23-17-7-3-6-14(19(17)22)18-13-5-2-4-12(13)15-10-11(20)8-9-16(15)21-18/h2-4,6-10,12-13,18,21-22H,5H2,1H3. The van der Waals surface area contributed by atoms with Gasteiger partial charge in [0.1, 0.15) is 5.82 Å². The second kappa shape index (κ2) is 5.30. The van der Waals surface area contributed by atoms with Crippen molar-refractivity contribution >= 4 is 5.69 Å². The number of aromatic hydroxyl groups is 1. The number of methoxy groups -OCH3 is 1. The van der Waals surface area contributed by atoms with E-state index in [1.807, 2.05) is 12.1 Å². The molecule has 0 saturated heterocycles. The maximum atomic E-state index is 13.6. The van der Waals surface area contributed by atoms with Gasteiger partial charge >= 0.3 is 0 Å². The van der Waals surface area contributed by atoms with E-state index in [4.69, 9.17) is 4.74 Å². The molecule has 3 unspecified atom stereocenters. The van der Waals surface area contributed by atoms with Gasteiger partial charge in [0.05, 0.1) is 13.2 Å². The van der Waals surface area contributed by atoms with Crippen LogP contribution in [0, 0.1) is 11.7 Å². The van der Waals surface area contributed by atoms with Crippen LogP contribution in [-0.4, -0.2) is 12.2 Å². The highest BCUT2D eigenvalue weighted by atomic mass is 19.1. The molecule has 1 heterocycles. The number of halogens is 1. The Morgan fingerprint density at radius 1 is 1.22 bits per heavy atom. The molecule has 0 radical (unpaired) electrons. The average Bonchev–Trinajstić information content (AvgIpc) is 3.05. The van der Waals surface area contributed by atoms with Crippen molar-refractivity contribution in [2.24, 2.45) is 5.92 Å². The van der Waals surface area contributed by atoms with Crippen molar-refractivity contribution in [1.29, 1.82) is 0 Å². The number of fused-ring (bicyclic) bond motifs is 3. The molecule has 2 aliphatic rings. The predicted molar refractivity (Wildman–Crippen MR) is 87.4 cm³/mol. The van der Waals surface area contributed by atoms with Crippen molar-refractivity contribution < 1.29 is 14.2 Å². The lowest BCUT2D eigenvalue weighted by Gasteiger charge is -2.37. The fourth-order valence-corrected chi connectivity index (χ4v) is 3.83. The largest absolute Gasteiger partial charge is 0.504 e. The molecule has 0 amide bonds. The minimum atomic E-state index is -0.215. The topological polar surface area (TPSA) is 41.5 Å². The van der Waals surface area contributed by atoms with Gasteiger partial charge in [-0.3, -0.25) is 0 Å². The number of para-hydroxylation sites is 1. The maximum absolute atomic E-state index is 13.6. The summed E-state index contributed by atoms with van der Waals surface area (Å²) in [6.07, 6.45) is 5.18. The second-order valence-corrected chi connectivity index (χ2v) is 6.11. The van der Waals surface area contributed by atoms with Crippen molar-refractivity contribution in [3.63, 3.8) is 0 Å². The molecule has 0 aromatic heterocycles. The van der Waals surface area contributed by atoms with Gasteiger partial charge in [0.2, 0.25) is 0 Å². The van der Waals surface area contributed by atoms with E-state index >= 15 is 0 Å². The fraction of sp³-hybridized carbons (Fsp3) is 0.263. The Morgan fingerprint density at radius 3 is 2.91 bits per heavy atom. The summed E-state index contributed by atoms with van der Waals surface area (Å²) >= 11 is 0. The number of anilines is 1. The van der Waals surface area contributed by atoms with Crippen LogP contribution in [0.5, 0.6) is 11.5 Å². The van der Waals surface area contributed by atoms with E-state index in [0.717, 1.165) is 23.2 Å². The van der Waals surface area contributed by atoms with E-state index in [-0.39, 0.29) is 29.4 Å². The van der Waals surface area contributed by atoms with E-state index in [0.29, 0.717) is 5.75 Å². The van der Waals surface area contributed by atoms with E-state index in [9.17, 15) is 9.50 Å². The van der Waals surface area contributed by atoms with Gasteiger partial charge in [-0.25, -0.2) is 4.39 Å². The zero-order valence-corrected chi connectivity index (χ0v) is 12.8. The van der Waals surface area contributed by atoms with Crippen LogP contribution in [0.2, 0.25) is 0 Å². The number of benzene rings is 2.